The normalized spacial score (nSPS) is 10.0. The van der Waals surface area contributed by atoms with E-state index in [1.165, 1.54) is 11.3 Å². The Morgan fingerprint density at radius 2 is 2.21 bits per heavy atom. The zero-order valence-electron chi connectivity index (χ0n) is 7.02. The van der Waals surface area contributed by atoms with Crippen LogP contribution in [0, 0.1) is 0 Å². The first-order chi connectivity index (χ1) is 6.75. The Bertz CT molecular complexity index is 435. The molecular formula is C8H7N3O2S. The number of fused-ring (bicyclic) bond motifs is 1. The van der Waals surface area contributed by atoms with E-state index in [-0.39, 0.29) is 0 Å². The number of rotatable bonds is 2. The van der Waals surface area contributed by atoms with E-state index < -0.39 is 6.09 Å². The smallest absolute Gasteiger partial charge is 0.423 e. The highest BCUT2D eigenvalue weighted by Crippen LogP contribution is 2.24. The molecule has 0 aliphatic heterocycles. The Balaban J connectivity index is 2.22. The van der Waals surface area contributed by atoms with E-state index in [1.54, 1.807) is 0 Å². The fraction of sp³-hybridized carbons (Fsp3) is 0. The summed E-state index contributed by atoms with van der Waals surface area (Å²) in [6.07, 6.45) is -1.13. The van der Waals surface area contributed by atoms with Crippen molar-refractivity contribution in [3.05, 3.63) is 24.3 Å². The minimum atomic E-state index is -1.13. The van der Waals surface area contributed by atoms with Gasteiger partial charge >= 0.3 is 6.09 Å². The molecule has 14 heavy (non-hydrogen) atoms. The number of hydrogen-bond acceptors (Lipinski definition) is 4. The van der Waals surface area contributed by atoms with E-state index in [2.05, 4.69) is 10.4 Å². The Kier molecular flexibility index (Phi) is 2.19. The molecule has 1 aromatic carbocycles. The lowest BCUT2D eigenvalue weighted by Gasteiger charge is -1.98. The maximum absolute atomic E-state index is 10.2. The minimum absolute atomic E-state index is 0.536. The summed E-state index contributed by atoms with van der Waals surface area (Å²) in [6, 6.07) is 7.60. The number of para-hydroxylation sites is 1. The summed E-state index contributed by atoms with van der Waals surface area (Å²) >= 11 is 1.39. The maximum atomic E-state index is 10.2. The van der Waals surface area contributed by atoms with Gasteiger partial charge in [0, 0.05) is 0 Å². The molecule has 0 saturated heterocycles. The molecule has 0 atom stereocenters. The first kappa shape index (κ1) is 8.76. The molecule has 0 unspecified atom stereocenters. The molecule has 0 bridgehead atoms. The summed E-state index contributed by atoms with van der Waals surface area (Å²) in [5.74, 6) is 0. The van der Waals surface area contributed by atoms with Gasteiger partial charge in [-0.2, -0.15) is 0 Å². The van der Waals surface area contributed by atoms with Crippen LogP contribution in [0.15, 0.2) is 24.3 Å². The lowest BCUT2D eigenvalue weighted by Crippen LogP contribution is -2.27. The summed E-state index contributed by atoms with van der Waals surface area (Å²) < 4.78 is 1.02. The predicted octanol–water partition coefficient (Wildman–Crippen LogP) is 1.89. The molecule has 2 aromatic rings. The third kappa shape index (κ3) is 1.74. The van der Waals surface area contributed by atoms with Crippen LogP contribution in [0.3, 0.4) is 0 Å². The maximum Gasteiger partial charge on any atom is 0.423 e. The molecule has 6 heteroatoms. The molecule has 2 rings (SSSR count). The number of hydrogen-bond donors (Lipinski definition) is 3. The lowest BCUT2D eigenvalue weighted by atomic mass is 10.3. The average molecular weight is 209 g/mol. The van der Waals surface area contributed by atoms with Crippen LogP contribution >= 0.6 is 11.3 Å². The highest BCUT2D eigenvalue weighted by Gasteiger charge is 2.02. The van der Waals surface area contributed by atoms with Crippen molar-refractivity contribution >= 4 is 32.8 Å². The highest BCUT2D eigenvalue weighted by molar-refractivity contribution is 7.22. The standard InChI is InChI=1S/C8H7N3O2S/c12-8(13)11-10-7-9-5-3-1-2-4-6(5)14-7/h1-4,11H,(H,9,10)(H,12,13). The molecular weight excluding hydrogens is 202 g/mol. The van der Waals surface area contributed by atoms with E-state index in [0.29, 0.717) is 5.13 Å². The van der Waals surface area contributed by atoms with Crippen molar-refractivity contribution in [2.45, 2.75) is 0 Å². The summed E-state index contributed by atoms with van der Waals surface area (Å²) in [5.41, 5.74) is 5.38. The van der Waals surface area contributed by atoms with Crippen molar-refractivity contribution in [2.24, 2.45) is 0 Å². The van der Waals surface area contributed by atoms with Gasteiger partial charge in [0.05, 0.1) is 10.2 Å². The molecule has 1 heterocycles. The van der Waals surface area contributed by atoms with Crippen molar-refractivity contribution in [1.82, 2.24) is 10.4 Å². The molecule has 0 aliphatic rings. The molecule has 1 aromatic heterocycles. The van der Waals surface area contributed by atoms with Crippen LogP contribution in [0.5, 0.6) is 0 Å². The minimum Gasteiger partial charge on any atom is -0.464 e. The van der Waals surface area contributed by atoms with Crippen LogP contribution in [-0.4, -0.2) is 16.2 Å². The fourth-order valence-corrected chi connectivity index (χ4v) is 1.85. The summed E-state index contributed by atoms with van der Waals surface area (Å²) in [5, 5.41) is 8.89. The van der Waals surface area contributed by atoms with Crippen molar-refractivity contribution in [3.63, 3.8) is 0 Å². The highest BCUT2D eigenvalue weighted by atomic mass is 32.1. The number of carboxylic acid groups (broad SMARTS) is 1. The Morgan fingerprint density at radius 3 is 2.93 bits per heavy atom. The third-order valence-corrected chi connectivity index (χ3v) is 2.52. The van der Waals surface area contributed by atoms with Crippen molar-refractivity contribution in [1.29, 1.82) is 0 Å². The van der Waals surface area contributed by atoms with Gasteiger partial charge < -0.3 is 5.11 Å². The van der Waals surface area contributed by atoms with Gasteiger partial charge in [0.25, 0.3) is 0 Å². The number of nitrogens with zero attached hydrogens (tertiary/aromatic N) is 1. The Labute approximate surface area is 83.4 Å². The largest absolute Gasteiger partial charge is 0.464 e. The van der Waals surface area contributed by atoms with Crippen LogP contribution in [0.2, 0.25) is 0 Å². The molecule has 1 amide bonds. The van der Waals surface area contributed by atoms with E-state index >= 15 is 0 Å². The number of amides is 1. The number of anilines is 1. The van der Waals surface area contributed by atoms with Crippen LogP contribution in [0.4, 0.5) is 9.93 Å². The van der Waals surface area contributed by atoms with E-state index in [4.69, 9.17) is 5.11 Å². The molecule has 0 radical (unpaired) electrons. The summed E-state index contributed by atoms with van der Waals surface area (Å²) in [7, 11) is 0. The first-order valence-corrected chi connectivity index (χ1v) is 4.68. The number of thiazole rings is 1. The number of nitrogens with one attached hydrogen (secondary N) is 2. The van der Waals surface area contributed by atoms with Gasteiger partial charge in [-0.25, -0.2) is 15.2 Å². The molecule has 0 aliphatic carbocycles. The van der Waals surface area contributed by atoms with Gasteiger partial charge in [0.15, 0.2) is 0 Å². The summed E-state index contributed by atoms with van der Waals surface area (Å²) in [6.45, 7) is 0. The average Bonchev–Trinajstić information content (AvgIpc) is 2.57. The molecule has 0 saturated carbocycles. The van der Waals surface area contributed by atoms with Crippen molar-refractivity contribution < 1.29 is 9.90 Å². The second-order valence-corrected chi connectivity index (χ2v) is 3.57. The first-order valence-electron chi connectivity index (χ1n) is 3.86. The predicted molar refractivity (Wildman–Crippen MR) is 54.4 cm³/mol. The Morgan fingerprint density at radius 1 is 1.43 bits per heavy atom. The van der Waals surface area contributed by atoms with Crippen LogP contribution in [0.1, 0.15) is 0 Å². The molecule has 72 valence electrons. The van der Waals surface area contributed by atoms with Gasteiger partial charge in [-0.3, -0.25) is 5.43 Å². The van der Waals surface area contributed by atoms with E-state index in [0.717, 1.165) is 10.2 Å². The SMILES string of the molecule is O=C(O)NNc1nc2ccccc2s1. The topological polar surface area (TPSA) is 74.2 Å². The number of carbonyl (C=O) groups is 1. The molecule has 3 N–H and O–H groups in total. The second-order valence-electron chi connectivity index (χ2n) is 2.54. The number of hydrazine groups is 1. The van der Waals surface area contributed by atoms with Crippen LogP contribution < -0.4 is 10.9 Å². The van der Waals surface area contributed by atoms with Gasteiger partial charge in [0.1, 0.15) is 0 Å². The quantitative estimate of drug-likeness (QED) is 0.660. The van der Waals surface area contributed by atoms with E-state index in [9.17, 15) is 4.79 Å². The van der Waals surface area contributed by atoms with Gasteiger partial charge in [0.2, 0.25) is 5.13 Å². The summed E-state index contributed by atoms with van der Waals surface area (Å²) in [4.78, 5) is 14.4. The van der Waals surface area contributed by atoms with Crippen LogP contribution in [-0.2, 0) is 0 Å². The second kappa shape index (κ2) is 3.51. The van der Waals surface area contributed by atoms with Gasteiger partial charge in [-0.05, 0) is 12.1 Å². The molecule has 0 spiro atoms. The lowest BCUT2D eigenvalue weighted by molar-refractivity contribution is 0.197. The van der Waals surface area contributed by atoms with Crippen molar-refractivity contribution in [3.8, 4) is 0 Å². The molecule has 0 fully saturated rings. The van der Waals surface area contributed by atoms with E-state index in [1.807, 2.05) is 29.7 Å². The fourth-order valence-electron chi connectivity index (χ4n) is 1.03. The molecule has 5 nitrogen and oxygen atoms in total. The number of benzene rings is 1. The third-order valence-electron chi connectivity index (χ3n) is 1.57. The zero-order valence-corrected chi connectivity index (χ0v) is 7.84. The van der Waals surface area contributed by atoms with Gasteiger partial charge in [-0.1, -0.05) is 23.5 Å². The van der Waals surface area contributed by atoms with Crippen molar-refractivity contribution in [2.75, 3.05) is 5.43 Å². The Hall–Kier alpha value is -1.82. The number of aromatic nitrogens is 1. The zero-order chi connectivity index (χ0) is 9.97. The van der Waals surface area contributed by atoms with Gasteiger partial charge in [-0.15, -0.1) is 0 Å². The van der Waals surface area contributed by atoms with Crippen LogP contribution in [0.25, 0.3) is 10.2 Å². The monoisotopic (exact) mass is 209 g/mol.